The smallest absolute Gasteiger partial charge is 0.408 e. The second-order valence-electron chi connectivity index (χ2n) is 6.21. The van der Waals surface area contributed by atoms with Gasteiger partial charge < -0.3 is 14.8 Å². The van der Waals surface area contributed by atoms with Gasteiger partial charge in [-0.05, 0) is 40.0 Å². The summed E-state index contributed by atoms with van der Waals surface area (Å²) in [6.07, 6.45) is 1.86. The molecule has 5 nitrogen and oxygen atoms in total. The van der Waals surface area contributed by atoms with Gasteiger partial charge in [-0.15, -0.1) is 0 Å². The van der Waals surface area contributed by atoms with Crippen molar-refractivity contribution in [2.24, 2.45) is 5.41 Å². The maximum atomic E-state index is 11.9. The predicted octanol–water partition coefficient (Wildman–Crippen LogP) is 1.97. The lowest BCUT2D eigenvalue weighted by molar-refractivity contribution is 0.0393. The van der Waals surface area contributed by atoms with E-state index in [1.165, 1.54) is 0 Å². The normalized spacial score (nSPS) is 29.4. The quantitative estimate of drug-likeness (QED) is 0.815. The van der Waals surface area contributed by atoms with Crippen LogP contribution in [0.1, 0.15) is 40.0 Å². The van der Waals surface area contributed by atoms with Gasteiger partial charge in [-0.3, -0.25) is 0 Å². The van der Waals surface area contributed by atoms with Crippen molar-refractivity contribution in [2.45, 2.75) is 51.2 Å². The highest BCUT2D eigenvalue weighted by Crippen LogP contribution is 2.56. The van der Waals surface area contributed by atoms with Crippen molar-refractivity contribution in [2.75, 3.05) is 13.2 Å². The summed E-state index contributed by atoms with van der Waals surface area (Å²) in [6.45, 7) is 6.45. The molecule has 2 rings (SSSR count). The third-order valence-electron chi connectivity index (χ3n) is 3.64. The summed E-state index contributed by atoms with van der Waals surface area (Å²) in [5.74, 6) is 0. The fourth-order valence-electron chi connectivity index (χ4n) is 2.48. The standard InChI is InChI=1S/C13H20N2O3/c1-11(2,3)18-10(16)15-13(6-7-17-9-13)12(8-14)4-5-12/h4-7,9H2,1-3H3,(H,15,16). The lowest BCUT2D eigenvalue weighted by atomic mass is 9.81. The maximum absolute atomic E-state index is 11.9. The molecule has 0 spiro atoms. The highest BCUT2D eigenvalue weighted by molar-refractivity contribution is 5.69. The van der Waals surface area contributed by atoms with Gasteiger partial charge in [0.25, 0.3) is 0 Å². The summed E-state index contributed by atoms with van der Waals surface area (Å²) in [5, 5.41) is 12.2. The molecule has 0 aromatic heterocycles. The van der Waals surface area contributed by atoms with E-state index in [0.717, 1.165) is 12.8 Å². The van der Waals surface area contributed by atoms with Crippen LogP contribution in [0, 0.1) is 16.7 Å². The average Bonchev–Trinajstić information content (AvgIpc) is 2.92. The summed E-state index contributed by atoms with van der Waals surface area (Å²) in [4.78, 5) is 11.9. The molecule has 1 atom stereocenters. The Labute approximate surface area is 107 Å². The zero-order valence-corrected chi connectivity index (χ0v) is 11.2. The first-order valence-corrected chi connectivity index (χ1v) is 6.33. The van der Waals surface area contributed by atoms with E-state index in [0.29, 0.717) is 19.6 Å². The van der Waals surface area contributed by atoms with Crippen molar-refractivity contribution in [3.8, 4) is 6.07 Å². The van der Waals surface area contributed by atoms with Crippen molar-refractivity contribution in [3.05, 3.63) is 0 Å². The molecule has 1 amide bonds. The third-order valence-corrected chi connectivity index (χ3v) is 3.64. The van der Waals surface area contributed by atoms with Crippen LogP contribution < -0.4 is 5.32 Å². The predicted molar refractivity (Wildman–Crippen MR) is 64.8 cm³/mol. The van der Waals surface area contributed by atoms with Crippen LogP contribution >= 0.6 is 0 Å². The van der Waals surface area contributed by atoms with Crippen LogP contribution in [-0.2, 0) is 9.47 Å². The maximum Gasteiger partial charge on any atom is 0.408 e. The fraction of sp³-hybridized carbons (Fsp3) is 0.846. The van der Waals surface area contributed by atoms with Gasteiger partial charge in [0.15, 0.2) is 0 Å². The molecule has 100 valence electrons. The van der Waals surface area contributed by atoms with Crippen LogP contribution in [0.5, 0.6) is 0 Å². The van der Waals surface area contributed by atoms with Crippen LogP contribution in [0.2, 0.25) is 0 Å². The Kier molecular flexibility index (Phi) is 3.02. The number of hydrogen-bond acceptors (Lipinski definition) is 4. The second kappa shape index (κ2) is 4.13. The first kappa shape index (κ1) is 13.2. The van der Waals surface area contributed by atoms with Gasteiger partial charge in [-0.1, -0.05) is 0 Å². The van der Waals surface area contributed by atoms with Gasteiger partial charge in [0.05, 0.1) is 23.6 Å². The SMILES string of the molecule is CC(C)(C)OC(=O)NC1(C2(C#N)CC2)CCOC1. The van der Waals surface area contributed by atoms with E-state index in [-0.39, 0.29) is 0 Å². The molecule has 1 unspecified atom stereocenters. The Morgan fingerprint density at radius 2 is 2.06 bits per heavy atom. The number of nitrogens with zero attached hydrogens (tertiary/aromatic N) is 1. The van der Waals surface area contributed by atoms with Gasteiger partial charge in [-0.25, -0.2) is 4.79 Å². The summed E-state index contributed by atoms with van der Waals surface area (Å²) >= 11 is 0. The summed E-state index contributed by atoms with van der Waals surface area (Å²) in [7, 11) is 0. The van der Waals surface area contributed by atoms with Crippen LogP contribution in [0.25, 0.3) is 0 Å². The van der Waals surface area contributed by atoms with E-state index >= 15 is 0 Å². The van der Waals surface area contributed by atoms with Crippen molar-refractivity contribution in [3.63, 3.8) is 0 Å². The lowest BCUT2D eigenvalue weighted by Crippen LogP contribution is -2.56. The van der Waals surface area contributed by atoms with E-state index < -0.39 is 22.6 Å². The number of rotatable bonds is 2. The monoisotopic (exact) mass is 252 g/mol. The largest absolute Gasteiger partial charge is 0.444 e. The van der Waals surface area contributed by atoms with Crippen LogP contribution in [0.3, 0.4) is 0 Å². The zero-order chi connectivity index (χ0) is 13.4. The van der Waals surface area contributed by atoms with Crippen LogP contribution in [-0.4, -0.2) is 30.4 Å². The van der Waals surface area contributed by atoms with Crippen LogP contribution in [0.4, 0.5) is 4.79 Å². The molecular weight excluding hydrogens is 232 g/mol. The summed E-state index contributed by atoms with van der Waals surface area (Å²) in [5.41, 5.74) is -1.56. The van der Waals surface area contributed by atoms with Crippen molar-refractivity contribution >= 4 is 6.09 Å². The molecule has 0 bridgehead atoms. The number of ether oxygens (including phenoxy) is 2. The minimum Gasteiger partial charge on any atom is -0.444 e. The number of carbonyl (C=O) groups excluding carboxylic acids is 1. The molecule has 1 aliphatic carbocycles. The molecule has 2 fully saturated rings. The minimum atomic E-state index is -0.565. The number of nitriles is 1. The van der Waals surface area contributed by atoms with E-state index in [1.807, 2.05) is 20.8 Å². The minimum absolute atomic E-state index is 0.403. The highest BCUT2D eigenvalue weighted by atomic mass is 16.6. The van der Waals surface area contributed by atoms with Crippen molar-refractivity contribution in [1.29, 1.82) is 5.26 Å². The molecule has 0 aromatic carbocycles. The van der Waals surface area contributed by atoms with Gasteiger partial charge >= 0.3 is 6.09 Å². The zero-order valence-electron chi connectivity index (χ0n) is 11.2. The molecular formula is C13H20N2O3. The molecule has 1 saturated heterocycles. The van der Waals surface area contributed by atoms with Gasteiger partial charge in [0.2, 0.25) is 0 Å². The van der Waals surface area contributed by atoms with E-state index in [2.05, 4.69) is 11.4 Å². The number of amides is 1. The first-order valence-electron chi connectivity index (χ1n) is 6.33. The molecule has 0 aromatic rings. The highest BCUT2D eigenvalue weighted by Gasteiger charge is 2.62. The Hall–Kier alpha value is -1.28. The first-order chi connectivity index (χ1) is 8.33. The number of carbonyl (C=O) groups is 1. The Bertz CT molecular complexity index is 382. The second-order valence-corrected chi connectivity index (χ2v) is 6.21. The van der Waals surface area contributed by atoms with E-state index in [1.54, 1.807) is 0 Å². The van der Waals surface area contributed by atoms with Crippen molar-refractivity contribution in [1.82, 2.24) is 5.32 Å². The topological polar surface area (TPSA) is 71.3 Å². The molecule has 0 radical (unpaired) electrons. The molecule has 18 heavy (non-hydrogen) atoms. The Morgan fingerprint density at radius 1 is 1.39 bits per heavy atom. The molecule has 1 N–H and O–H groups in total. The Morgan fingerprint density at radius 3 is 2.44 bits per heavy atom. The van der Waals surface area contributed by atoms with Crippen molar-refractivity contribution < 1.29 is 14.3 Å². The van der Waals surface area contributed by atoms with E-state index in [9.17, 15) is 10.1 Å². The number of hydrogen-bond donors (Lipinski definition) is 1. The molecule has 1 heterocycles. The lowest BCUT2D eigenvalue weighted by Gasteiger charge is -2.34. The Balaban J connectivity index is 2.09. The summed E-state index contributed by atoms with van der Waals surface area (Å²) in [6, 6.07) is 2.35. The molecule has 1 aliphatic heterocycles. The van der Waals surface area contributed by atoms with Gasteiger partial charge in [0.1, 0.15) is 5.60 Å². The molecule has 5 heteroatoms. The third kappa shape index (κ3) is 2.30. The van der Waals surface area contributed by atoms with Crippen LogP contribution in [0.15, 0.2) is 0 Å². The molecule has 1 saturated carbocycles. The summed E-state index contributed by atoms with van der Waals surface area (Å²) < 4.78 is 10.7. The number of nitrogens with one attached hydrogen (secondary N) is 1. The van der Waals surface area contributed by atoms with E-state index in [4.69, 9.17) is 9.47 Å². The molecule has 2 aliphatic rings. The van der Waals surface area contributed by atoms with Gasteiger partial charge in [-0.2, -0.15) is 5.26 Å². The average molecular weight is 252 g/mol. The fourth-order valence-corrected chi connectivity index (χ4v) is 2.48. The number of alkyl carbamates (subject to hydrolysis) is 1. The van der Waals surface area contributed by atoms with Gasteiger partial charge in [0, 0.05) is 6.61 Å².